The molecular weight excluding hydrogens is 236 g/mol. The maximum atomic E-state index is 5.75. The van der Waals surface area contributed by atoms with Crippen molar-refractivity contribution in [3.05, 3.63) is 53.9 Å². The van der Waals surface area contributed by atoms with Crippen molar-refractivity contribution < 1.29 is 4.74 Å². The molecular formula is C16H20N2O. The summed E-state index contributed by atoms with van der Waals surface area (Å²) in [5.41, 5.74) is 3.33. The zero-order valence-corrected chi connectivity index (χ0v) is 11.7. The van der Waals surface area contributed by atoms with Gasteiger partial charge in [-0.15, -0.1) is 0 Å². The molecule has 3 nitrogen and oxygen atoms in total. The summed E-state index contributed by atoms with van der Waals surface area (Å²) in [5, 5.41) is 3.40. The number of rotatable bonds is 5. The molecule has 0 spiro atoms. The lowest BCUT2D eigenvalue weighted by Gasteiger charge is -2.16. The number of aromatic nitrogens is 1. The monoisotopic (exact) mass is 256 g/mol. The van der Waals surface area contributed by atoms with Crippen LogP contribution in [-0.4, -0.2) is 17.6 Å². The number of hydrogen-bond donors (Lipinski definition) is 1. The normalized spacial score (nSPS) is 11.9. The van der Waals surface area contributed by atoms with E-state index in [0.717, 1.165) is 17.1 Å². The van der Waals surface area contributed by atoms with Crippen molar-refractivity contribution in [3.8, 4) is 5.75 Å². The van der Waals surface area contributed by atoms with Crippen LogP contribution in [0.15, 0.2) is 42.6 Å². The van der Waals surface area contributed by atoms with Crippen LogP contribution in [0.2, 0.25) is 0 Å². The minimum atomic E-state index is 0.239. The Kier molecular flexibility index (Phi) is 4.39. The Bertz CT molecular complexity index is 523. The Morgan fingerprint density at radius 3 is 2.58 bits per heavy atom. The second-order valence-corrected chi connectivity index (χ2v) is 4.86. The molecule has 0 aliphatic carbocycles. The minimum Gasteiger partial charge on any atom is -0.491 e. The average Bonchev–Trinajstić information content (AvgIpc) is 2.38. The number of hydrogen-bond acceptors (Lipinski definition) is 3. The SMILES string of the molecule is Cc1ccc(OCC(C)Nc2ccnc(C)c2)cc1. The quantitative estimate of drug-likeness (QED) is 0.888. The van der Waals surface area contributed by atoms with Gasteiger partial charge in [-0.05, 0) is 45.0 Å². The van der Waals surface area contributed by atoms with Crippen molar-refractivity contribution in [2.75, 3.05) is 11.9 Å². The summed E-state index contributed by atoms with van der Waals surface area (Å²) in [7, 11) is 0. The standard InChI is InChI=1S/C16H20N2O/c1-12-4-6-16(7-5-12)19-11-14(3)18-15-8-9-17-13(2)10-15/h4-10,14H,11H2,1-3H3,(H,17,18). The highest BCUT2D eigenvalue weighted by atomic mass is 16.5. The van der Waals surface area contributed by atoms with E-state index in [2.05, 4.69) is 36.3 Å². The summed E-state index contributed by atoms with van der Waals surface area (Å²) < 4.78 is 5.75. The topological polar surface area (TPSA) is 34.1 Å². The van der Waals surface area contributed by atoms with E-state index in [1.165, 1.54) is 5.56 Å². The summed E-state index contributed by atoms with van der Waals surface area (Å²) in [6, 6.07) is 12.3. The molecule has 100 valence electrons. The van der Waals surface area contributed by atoms with Crippen molar-refractivity contribution in [1.82, 2.24) is 4.98 Å². The van der Waals surface area contributed by atoms with Crippen molar-refractivity contribution in [3.63, 3.8) is 0 Å². The van der Waals surface area contributed by atoms with Crippen LogP contribution >= 0.6 is 0 Å². The molecule has 1 atom stereocenters. The number of nitrogens with one attached hydrogen (secondary N) is 1. The van der Waals surface area contributed by atoms with Gasteiger partial charge in [0.15, 0.2) is 0 Å². The first-order chi connectivity index (χ1) is 9.13. The van der Waals surface area contributed by atoms with Gasteiger partial charge in [-0.25, -0.2) is 0 Å². The van der Waals surface area contributed by atoms with Crippen LogP contribution in [-0.2, 0) is 0 Å². The lowest BCUT2D eigenvalue weighted by atomic mass is 10.2. The van der Waals surface area contributed by atoms with Crippen LogP contribution < -0.4 is 10.1 Å². The molecule has 0 radical (unpaired) electrons. The first kappa shape index (κ1) is 13.4. The van der Waals surface area contributed by atoms with E-state index in [9.17, 15) is 0 Å². The minimum absolute atomic E-state index is 0.239. The van der Waals surface area contributed by atoms with E-state index in [1.807, 2.05) is 37.4 Å². The first-order valence-corrected chi connectivity index (χ1v) is 6.52. The fourth-order valence-electron chi connectivity index (χ4n) is 1.82. The number of pyridine rings is 1. The Morgan fingerprint density at radius 2 is 1.89 bits per heavy atom. The number of benzene rings is 1. The third-order valence-electron chi connectivity index (χ3n) is 2.83. The fraction of sp³-hybridized carbons (Fsp3) is 0.312. The molecule has 1 aromatic carbocycles. The van der Waals surface area contributed by atoms with Gasteiger partial charge in [0.05, 0.1) is 6.04 Å². The zero-order chi connectivity index (χ0) is 13.7. The van der Waals surface area contributed by atoms with E-state index >= 15 is 0 Å². The van der Waals surface area contributed by atoms with E-state index < -0.39 is 0 Å². The predicted molar refractivity (Wildman–Crippen MR) is 78.7 cm³/mol. The second kappa shape index (κ2) is 6.23. The van der Waals surface area contributed by atoms with Gasteiger partial charge in [-0.1, -0.05) is 17.7 Å². The average molecular weight is 256 g/mol. The Hall–Kier alpha value is -2.03. The number of aryl methyl sites for hydroxylation is 2. The van der Waals surface area contributed by atoms with Gasteiger partial charge in [0.2, 0.25) is 0 Å². The molecule has 0 aliphatic rings. The summed E-state index contributed by atoms with van der Waals surface area (Å²) in [6.45, 7) is 6.78. The predicted octanol–water partition coefficient (Wildman–Crippen LogP) is 3.58. The molecule has 0 bridgehead atoms. The molecule has 1 unspecified atom stereocenters. The molecule has 0 saturated heterocycles. The van der Waals surface area contributed by atoms with Crippen molar-refractivity contribution in [2.45, 2.75) is 26.8 Å². The highest BCUT2D eigenvalue weighted by Gasteiger charge is 2.03. The maximum Gasteiger partial charge on any atom is 0.119 e. The highest BCUT2D eigenvalue weighted by Crippen LogP contribution is 2.13. The van der Waals surface area contributed by atoms with Crippen LogP contribution in [0.1, 0.15) is 18.2 Å². The van der Waals surface area contributed by atoms with Crippen LogP contribution in [0.3, 0.4) is 0 Å². The van der Waals surface area contributed by atoms with Crippen molar-refractivity contribution >= 4 is 5.69 Å². The first-order valence-electron chi connectivity index (χ1n) is 6.52. The van der Waals surface area contributed by atoms with E-state index in [1.54, 1.807) is 0 Å². The van der Waals surface area contributed by atoms with E-state index in [-0.39, 0.29) is 6.04 Å². The second-order valence-electron chi connectivity index (χ2n) is 4.86. The zero-order valence-electron chi connectivity index (χ0n) is 11.7. The molecule has 1 N–H and O–H groups in total. The largest absolute Gasteiger partial charge is 0.491 e. The van der Waals surface area contributed by atoms with Gasteiger partial charge in [0.25, 0.3) is 0 Å². The Labute approximate surface area is 114 Å². The van der Waals surface area contributed by atoms with Gasteiger partial charge in [0, 0.05) is 17.6 Å². The van der Waals surface area contributed by atoms with E-state index in [4.69, 9.17) is 4.74 Å². The number of anilines is 1. The van der Waals surface area contributed by atoms with Gasteiger partial charge >= 0.3 is 0 Å². The molecule has 19 heavy (non-hydrogen) atoms. The van der Waals surface area contributed by atoms with Crippen molar-refractivity contribution in [2.24, 2.45) is 0 Å². The third-order valence-corrected chi connectivity index (χ3v) is 2.83. The summed E-state index contributed by atoms with van der Waals surface area (Å²) in [6.07, 6.45) is 1.81. The molecule has 0 amide bonds. The van der Waals surface area contributed by atoms with Gasteiger partial charge in [0.1, 0.15) is 12.4 Å². The highest BCUT2D eigenvalue weighted by molar-refractivity contribution is 5.43. The molecule has 1 heterocycles. The number of nitrogens with zero attached hydrogens (tertiary/aromatic N) is 1. The maximum absolute atomic E-state index is 5.75. The third kappa shape index (κ3) is 4.28. The molecule has 1 aromatic heterocycles. The lowest BCUT2D eigenvalue weighted by molar-refractivity contribution is 0.304. The Morgan fingerprint density at radius 1 is 1.16 bits per heavy atom. The van der Waals surface area contributed by atoms with Gasteiger partial charge in [-0.3, -0.25) is 4.98 Å². The van der Waals surface area contributed by atoms with Gasteiger partial charge < -0.3 is 10.1 Å². The number of ether oxygens (including phenoxy) is 1. The van der Waals surface area contributed by atoms with Crippen molar-refractivity contribution in [1.29, 1.82) is 0 Å². The molecule has 3 heteroatoms. The molecule has 2 rings (SSSR count). The Balaban J connectivity index is 1.84. The molecule has 0 saturated carbocycles. The molecule has 0 aliphatic heterocycles. The lowest BCUT2D eigenvalue weighted by Crippen LogP contribution is -2.23. The van der Waals surface area contributed by atoms with Crippen LogP contribution in [0.5, 0.6) is 5.75 Å². The van der Waals surface area contributed by atoms with Gasteiger partial charge in [-0.2, -0.15) is 0 Å². The molecule has 2 aromatic rings. The van der Waals surface area contributed by atoms with Crippen LogP contribution in [0, 0.1) is 13.8 Å². The summed E-state index contributed by atoms with van der Waals surface area (Å²) in [4.78, 5) is 4.18. The fourth-order valence-corrected chi connectivity index (χ4v) is 1.82. The van der Waals surface area contributed by atoms with Crippen LogP contribution in [0.4, 0.5) is 5.69 Å². The molecule has 0 fully saturated rings. The van der Waals surface area contributed by atoms with Crippen LogP contribution in [0.25, 0.3) is 0 Å². The van der Waals surface area contributed by atoms with E-state index in [0.29, 0.717) is 6.61 Å². The summed E-state index contributed by atoms with van der Waals surface area (Å²) >= 11 is 0. The smallest absolute Gasteiger partial charge is 0.119 e. The summed E-state index contributed by atoms with van der Waals surface area (Å²) in [5.74, 6) is 0.908.